The summed E-state index contributed by atoms with van der Waals surface area (Å²) in [6, 6.07) is 22.0. The number of aromatic hydroxyl groups is 1. The van der Waals surface area contributed by atoms with Crippen LogP contribution >= 0.6 is 0 Å². The number of hydrogen-bond donors (Lipinski definition) is 3. The minimum absolute atomic E-state index is 0.0480. The Morgan fingerprint density at radius 3 is 2.12 bits per heavy atom. The van der Waals surface area contributed by atoms with Gasteiger partial charge < -0.3 is 20.5 Å². The fourth-order valence-corrected chi connectivity index (χ4v) is 4.16. The lowest BCUT2D eigenvalue weighted by molar-refractivity contribution is -0.122. The number of fused-ring (bicyclic) bond motifs is 3. The van der Waals surface area contributed by atoms with Crippen LogP contribution in [0.5, 0.6) is 5.75 Å². The second-order valence-corrected chi connectivity index (χ2v) is 7.79. The van der Waals surface area contributed by atoms with Crippen LogP contribution in [0.3, 0.4) is 0 Å². The Hall–Kier alpha value is -3.80. The maximum absolute atomic E-state index is 12.6. The van der Waals surface area contributed by atoms with E-state index < -0.39 is 12.1 Å². The van der Waals surface area contributed by atoms with Crippen LogP contribution in [0.2, 0.25) is 0 Å². The molecule has 4 rings (SSSR count). The van der Waals surface area contributed by atoms with Crippen molar-refractivity contribution in [2.75, 3.05) is 13.2 Å². The first-order chi connectivity index (χ1) is 15.6. The van der Waals surface area contributed by atoms with Gasteiger partial charge in [0.15, 0.2) is 0 Å². The van der Waals surface area contributed by atoms with Crippen molar-refractivity contribution in [1.82, 2.24) is 10.6 Å². The molecule has 0 spiro atoms. The number of ether oxygens (including phenoxy) is 1. The number of rotatable bonds is 7. The van der Waals surface area contributed by atoms with Gasteiger partial charge in [0.2, 0.25) is 5.91 Å². The molecule has 3 aromatic rings. The van der Waals surface area contributed by atoms with Crippen molar-refractivity contribution in [3.8, 4) is 16.9 Å². The van der Waals surface area contributed by atoms with Crippen molar-refractivity contribution in [2.24, 2.45) is 0 Å². The van der Waals surface area contributed by atoms with Crippen LogP contribution in [0, 0.1) is 0 Å². The standard InChI is InChI=1S/C26H26N2O4/c1-2-27-25(30)24(15-17-11-13-18(29)14-12-17)28-26(31)32-16-23-21-9-5-3-7-19(21)20-8-4-6-10-22(20)23/h3-14,23-24,29H,2,15-16H2,1H3,(H,27,30)(H,28,31). The highest BCUT2D eigenvalue weighted by atomic mass is 16.5. The van der Waals surface area contributed by atoms with Gasteiger partial charge in [0, 0.05) is 18.9 Å². The fourth-order valence-electron chi connectivity index (χ4n) is 4.16. The largest absolute Gasteiger partial charge is 0.508 e. The number of hydrogen-bond acceptors (Lipinski definition) is 4. The van der Waals surface area contributed by atoms with E-state index in [2.05, 4.69) is 34.9 Å². The quantitative estimate of drug-likeness (QED) is 0.529. The highest BCUT2D eigenvalue weighted by Gasteiger charge is 2.29. The number of carbonyl (C=O) groups is 2. The van der Waals surface area contributed by atoms with Gasteiger partial charge >= 0.3 is 6.09 Å². The zero-order chi connectivity index (χ0) is 22.5. The van der Waals surface area contributed by atoms with E-state index in [9.17, 15) is 14.7 Å². The first-order valence-electron chi connectivity index (χ1n) is 10.7. The average molecular weight is 431 g/mol. The number of phenols is 1. The van der Waals surface area contributed by atoms with Crippen LogP contribution < -0.4 is 10.6 Å². The SMILES string of the molecule is CCNC(=O)C(Cc1ccc(O)cc1)NC(=O)OCC1c2ccccc2-c2ccccc21. The van der Waals surface area contributed by atoms with E-state index in [4.69, 9.17) is 4.74 Å². The van der Waals surface area contributed by atoms with Crippen molar-refractivity contribution >= 4 is 12.0 Å². The van der Waals surface area contributed by atoms with E-state index in [0.717, 1.165) is 27.8 Å². The zero-order valence-electron chi connectivity index (χ0n) is 17.9. The first-order valence-corrected chi connectivity index (χ1v) is 10.7. The smallest absolute Gasteiger partial charge is 0.407 e. The van der Waals surface area contributed by atoms with Crippen LogP contribution in [0.25, 0.3) is 11.1 Å². The summed E-state index contributed by atoms with van der Waals surface area (Å²) in [6.07, 6.45) is -0.349. The molecule has 0 aliphatic heterocycles. The van der Waals surface area contributed by atoms with Crippen LogP contribution in [-0.4, -0.2) is 36.3 Å². The van der Waals surface area contributed by atoms with Gasteiger partial charge in [-0.25, -0.2) is 4.79 Å². The van der Waals surface area contributed by atoms with Crippen molar-refractivity contribution in [3.05, 3.63) is 89.5 Å². The predicted molar refractivity (Wildman–Crippen MR) is 122 cm³/mol. The summed E-state index contributed by atoms with van der Waals surface area (Å²) in [5, 5.41) is 14.9. The molecule has 3 N–H and O–H groups in total. The van der Waals surface area contributed by atoms with Gasteiger partial charge in [0.1, 0.15) is 18.4 Å². The zero-order valence-corrected chi connectivity index (χ0v) is 17.9. The van der Waals surface area contributed by atoms with Crippen molar-refractivity contribution in [1.29, 1.82) is 0 Å². The van der Waals surface area contributed by atoms with Crippen molar-refractivity contribution in [2.45, 2.75) is 25.3 Å². The van der Waals surface area contributed by atoms with Crippen LogP contribution in [-0.2, 0) is 16.0 Å². The number of phenolic OH excluding ortho intramolecular Hbond substituents is 1. The molecule has 0 bridgehead atoms. The average Bonchev–Trinajstić information content (AvgIpc) is 3.12. The van der Waals surface area contributed by atoms with Crippen LogP contribution in [0.15, 0.2) is 72.8 Å². The van der Waals surface area contributed by atoms with Gasteiger partial charge in [-0.15, -0.1) is 0 Å². The third kappa shape index (κ3) is 4.59. The number of likely N-dealkylation sites (N-methyl/N-ethyl adjacent to an activating group) is 1. The summed E-state index contributed by atoms with van der Waals surface area (Å²) < 4.78 is 5.59. The summed E-state index contributed by atoms with van der Waals surface area (Å²) in [7, 11) is 0. The molecular formula is C26H26N2O4. The number of benzene rings is 3. The molecule has 32 heavy (non-hydrogen) atoms. The van der Waals surface area contributed by atoms with E-state index >= 15 is 0 Å². The van der Waals surface area contributed by atoms with Crippen LogP contribution in [0.1, 0.15) is 29.5 Å². The molecule has 0 radical (unpaired) electrons. The maximum atomic E-state index is 12.6. The van der Waals surface area contributed by atoms with Gasteiger partial charge in [-0.1, -0.05) is 60.7 Å². The molecule has 1 atom stereocenters. The third-order valence-electron chi connectivity index (χ3n) is 5.68. The van der Waals surface area contributed by atoms with Crippen LogP contribution in [0.4, 0.5) is 4.79 Å². The number of amides is 2. The van der Waals surface area contributed by atoms with Gasteiger partial charge in [-0.05, 0) is 46.9 Å². The number of alkyl carbamates (subject to hydrolysis) is 1. The summed E-state index contributed by atoms with van der Waals surface area (Å²) in [5.41, 5.74) is 5.39. The lowest BCUT2D eigenvalue weighted by atomic mass is 9.98. The molecule has 6 heteroatoms. The van der Waals surface area contributed by atoms with Gasteiger partial charge in [0.05, 0.1) is 0 Å². The van der Waals surface area contributed by atoms with E-state index in [1.165, 1.54) is 0 Å². The molecule has 164 valence electrons. The molecule has 1 aliphatic carbocycles. The maximum Gasteiger partial charge on any atom is 0.407 e. The Morgan fingerprint density at radius 1 is 0.938 bits per heavy atom. The number of carbonyl (C=O) groups excluding carboxylic acids is 2. The summed E-state index contributed by atoms with van der Waals surface area (Å²) in [5.74, 6) is -0.185. The van der Waals surface area contributed by atoms with Gasteiger partial charge in [-0.3, -0.25) is 4.79 Å². The molecular weight excluding hydrogens is 404 g/mol. The van der Waals surface area contributed by atoms with Crippen molar-refractivity contribution in [3.63, 3.8) is 0 Å². The highest BCUT2D eigenvalue weighted by Crippen LogP contribution is 2.44. The molecule has 2 amide bonds. The predicted octanol–water partition coefficient (Wildman–Crippen LogP) is 3.98. The van der Waals surface area contributed by atoms with Gasteiger partial charge in [0.25, 0.3) is 0 Å². The van der Waals surface area contributed by atoms with Gasteiger partial charge in [-0.2, -0.15) is 0 Å². The first kappa shape index (κ1) is 21.4. The molecule has 0 aromatic heterocycles. The fraction of sp³-hybridized carbons (Fsp3) is 0.231. The second-order valence-electron chi connectivity index (χ2n) is 7.79. The monoisotopic (exact) mass is 430 g/mol. The van der Waals surface area contributed by atoms with E-state index in [1.54, 1.807) is 24.3 Å². The topological polar surface area (TPSA) is 87.7 Å². The Morgan fingerprint density at radius 2 is 1.53 bits per heavy atom. The molecule has 1 unspecified atom stereocenters. The molecule has 3 aromatic carbocycles. The normalized spacial score (nSPS) is 13.0. The minimum Gasteiger partial charge on any atom is -0.508 e. The van der Waals surface area contributed by atoms with E-state index in [-0.39, 0.29) is 30.6 Å². The highest BCUT2D eigenvalue weighted by molar-refractivity contribution is 5.86. The summed E-state index contributed by atoms with van der Waals surface area (Å²) >= 11 is 0. The summed E-state index contributed by atoms with van der Waals surface area (Å²) in [4.78, 5) is 25.1. The molecule has 0 fully saturated rings. The Labute approximate surface area is 187 Å². The Bertz CT molecular complexity index is 1070. The molecule has 6 nitrogen and oxygen atoms in total. The lowest BCUT2D eigenvalue weighted by Gasteiger charge is -2.19. The Balaban J connectivity index is 1.44. The number of nitrogens with one attached hydrogen (secondary N) is 2. The Kier molecular flexibility index (Phi) is 6.40. The van der Waals surface area contributed by atoms with Crippen molar-refractivity contribution < 1.29 is 19.4 Å². The lowest BCUT2D eigenvalue weighted by Crippen LogP contribution is -2.48. The van der Waals surface area contributed by atoms with E-state index in [0.29, 0.717) is 6.54 Å². The summed E-state index contributed by atoms with van der Waals surface area (Å²) in [6.45, 7) is 2.46. The third-order valence-corrected chi connectivity index (χ3v) is 5.68. The molecule has 0 heterocycles. The van der Waals surface area contributed by atoms with E-state index in [1.807, 2.05) is 31.2 Å². The molecule has 0 saturated heterocycles. The minimum atomic E-state index is -0.782. The second kappa shape index (κ2) is 9.56. The molecule has 1 aliphatic rings. The molecule has 0 saturated carbocycles.